The van der Waals surface area contributed by atoms with Gasteiger partial charge in [-0.2, -0.15) is 9.97 Å². The number of anilines is 1. The van der Waals surface area contributed by atoms with Gasteiger partial charge in [-0.05, 0) is 81.0 Å². The van der Waals surface area contributed by atoms with E-state index < -0.39 is 0 Å². The first-order valence-corrected chi connectivity index (χ1v) is 12.4. The van der Waals surface area contributed by atoms with Crippen molar-refractivity contribution in [3.05, 3.63) is 18.5 Å². The number of imidazole rings is 1. The molecule has 6 heteroatoms. The lowest BCUT2D eigenvalue weighted by Crippen LogP contribution is -2.51. The van der Waals surface area contributed by atoms with E-state index in [1.165, 1.54) is 44.1 Å². The first kappa shape index (κ1) is 21.7. The van der Waals surface area contributed by atoms with E-state index in [2.05, 4.69) is 59.1 Å². The van der Waals surface area contributed by atoms with Gasteiger partial charge in [0.25, 0.3) is 0 Å². The van der Waals surface area contributed by atoms with Gasteiger partial charge in [0.15, 0.2) is 11.5 Å². The molecule has 6 nitrogen and oxygen atoms in total. The maximum absolute atomic E-state index is 5.35. The molecular weight excluding hydrogens is 398 g/mol. The Morgan fingerprint density at radius 1 is 1.19 bits per heavy atom. The highest BCUT2D eigenvalue weighted by molar-refractivity contribution is 5.84. The van der Waals surface area contributed by atoms with Crippen LogP contribution in [0.2, 0.25) is 0 Å². The zero-order valence-electron chi connectivity index (χ0n) is 20.5. The molecule has 0 saturated heterocycles. The van der Waals surface area contributed by atoms with Crippen LogP contribution in [0.15, 0.2) is 18.5 Å². The van der Waals surface area contributed by atoms with Crippen molar-refractivity contribution < 1.29 is 4.74 Å². The number of hydrogen-bond donors (Lipinski definition) is 1. The SMILES string of the molecule is C=C1CCC[C@@H]2[C@@](C)(CC[C@@]3(C)CCn4cnc5nc(OC)nc(c54)N3)[C@H](C)CC[C@@]12C. The van der Waals surface area contributed by atoms with Crippen LogP contribution in [0, 0.1) is 22.7 Å². The number of nitrogens with zero attached hydrogens (tertiary/aromatic N) is 4. The van der Waals surface area contributed by atoms with Gasteiger partial charge in [0, 0.05) is 12.1 Å². The zero-order valence-corrected chi connectivity index (χ0v) is 20.5. The molecule has 0 bridgehead atoms. The van der Waals surface area contributed by atoms with E-state index >= 15 is 0 Å². The van der Waals surface area contributed by atoms with Crippen LogP contribution in [0.1, 0.15) is 79.1 Å². The molecular formula is C26H39N5O. The quantitative estimate of drug-likeness (QED) is 0.595. The molecule has 2 aromatic rings. The summed E-state index contributed by atoms with van der Waals surface area (Å²) in [4.78, 5) is 13.6. The van der Waals surface area contributed by atoms with E-state index in [4.69, 9.17) is 4.74 Å². The fraction of sp³-hybridized carbons (Fsp3) is 0.731. The third-order valence-corrected chi connectivity index (χ3v) is 9.74. The number of aryl methyl sites for hydroxylation is 1. The first-order chi connectivity index (χ1) is 15.2. The second-order valence-electron chi connectivity index (χ2n) is 11.5. The lowest BCUT2D eigenvalue weighted by molar-refractivity contribution is -0.0579. The van der Waals surface area contributed by atoms with Gasteiger partial charge in [-0.15, -0.1) is 0 Å². The molecule has 5 atom stereocenters. The van der Waals surface area contributed by atoms with Crippen LogP contribution in [0.5, 0.6) is 6.01 Å². The predicted octanol–water partition coefficient (Wildman–Crippen LogP) is 5.99. The Labute approximate surface area is 192 Å². The van der Waals surface area contributed by atoms with Crippen LogP contribution in [-0.2, 0) is 6.54 Å². The number of allylic oxidation sites excluding steroid dienone is 1. The maximum atomic E-state index is 5.35. The summed E-state index contributed by atoms with van der Waals surface area (Å²) in [7, 11) is 1.61. The number of rotatable bonds is 4. The Balaban J connectivity index is 1.42. The summed E-state index contributed by atoms with van der Waals surface area (Å²) in [6.07, 6.45) is 11.8. The summed E-state index contributed by atoms with van der Waals surface area (Å²) < 4.78 is 7.54. The molecule has 32 heavy (non-hydrogen) atoms. The summed E-state index contributed by atoms with van der Waals surface area (Å²) in [6, 6.07) is 0.374. The van der Waals surface area contributed by atoms with E-state index in [0.29, 0.717) is 22.5 Å². The average Bonchev–Trinajstić information content (AvgIpc) is 3.12. The predicted molar refractivity (Wildman–Crippen MR) is 129 cm³/mol. The molecule has 174 valence electrons. The van der Waals surface area contributed by atoms with Crippen molar-refractivity contribution in [1.29, 1.82) is 0 Å². The Kier molecular flexibility index (Phi) is 5.06. The molecule has 2 fully saturated rings. The van der Waals surface area contributed by atoms with Crippen LogP contribution in [0.25, 0.3) is 11.2 Å². The topological polar surface area (TPSA) is 64.9 Å². The normalized spacial score (nSPS) is 37.0. The van der Waals surface area contributed by atoms with Gasteiger partial charge in [0.05, 0.1) is 13.4 Å². The number of ether oxygens (including phenoxy) is 1. The number of fused-ring (bicyclic) bond motifs is 1. The third kappa shape index (κ3) is 3.24. The largest absolute Gasteiger partial charge is 0.467 e. The van der Waals surface area contributed by atoms with E-state index in [9.17, 15) is 0 Å². The molecule has 0 unspecified atom stereocenters. The molecule has 1 N–H and O–H groups in total. The second-order valence-corrected chi connectivity index (χ2v) is 11.5. The third-order valence-electron chi connectivity index (χ3n) is 9.74. The highest BCUT2D eigenvalue weighted by atomic mass is 16.5. The minimum absolute atomic E-state index is 0.0342. The van der Waals surface area contributed by atoms with E-state index in [1.807, 2.05) is 6.33 Å². The van der Waals surface area contributed by atoms with E-state index in [-0.39, 0.29) is 5.54 Å². The van der Waals surface area contributed by atoms with Crippen molar-refractivity contribution in [2.75, 3.05) is 12.4 Å². The number of hydrogen-bond acceptors (Lipinski definition) is 5. The summed E-state index contributed by atoms with van der Waals surface area (Å²) in [6.45, 7) is 15.4. The molecule has 0 radical (unpaired) electrons. The van der Waals surface area contributed by atoms with E-state index in [1.54, 1.807) is 7.11 Å². The van der Waals surface area contributed by atoms with Crippen molar-refractivity contribution in [3.8, 4) is 6.01 Å². The molecule has 0 spiro atoms. The van der Waals surface area contributed by atoms with Crippen LogP contribution < -0.4 is 10.1 Å². The fourth-order valence-electron chi connectivity index (χ4n) is 7.14. The summed E-state index contributed by atoms with van der Waals surface area (Å²) >= 11 is 0. The monoisotopic (exact) mass is 437 g/mol. The first-order valence-electron chi connectivity index (χ1n) is 12.4. The molecule has 2 aromatic heterocycles. The summed E-state index contributed by atoms with van der Waals surface area (Å²) in [5, 5.41) is 3.81. The molecule has 2 aliphatic carbocycles. The van der Waals surface area contributed by atoms with Crippen LogP contribution >= 0.6 is 0 Å². The molecule has 5 rings (SSSR count). The number of nitrogens with one attached hydrogen (secondary N) is 1. The van der Waals surface area contributed by atoms with Crippen LogP contribution in [-0.4, -0.2) is 32.2 Å². The Bertz CT molecular complexity index is 1050. The van der Waals surface area contributed by atoms with Crippen molar-refractivity contribution in [2.24, 2.45) is 22.7 Å². The van der Waals surface area contributed by atoms with Gasteiger partial charge >= 0.3 is 6.01 Å². The number of methoxy groups -OCH3 is 1. The minimum Gasteiger partial charge on any atom is -0.467 e. The van der Waals surface area contributed by atoms with E-state index in [0.717, 1.165) is 42.6 Å². The smallest absolute Gasteiger partial charge is 0.320 e. The molecule has 2 saturated carbocycles. The second kappa shape index (κ2) is 7.46. The maximum Gasteiger partial charge on any atom is 0.320 e. The molecule has 0 amide bonds. The lowest BCUT2D eigenvalue weighted by atomic mass is 9.46. The molecule has 3 aliphatic rings. The minimum atomic E-state index is -0.0342. The fourth-order valence-corrected chi connectivity index (χ4v) is 7.14. The van der Waals surface area contributed by atoms with Gasteiger partial charge in [0.1, 0.15) is 5.52 Å². The van der Waals surface area contributed by atoms with Gasteiger partial charge < -0.3 is 14.6 Å². The molecule has 3 heterocycles. The van der Waals surface area contributed by atoms with Crippen LogP contribution in [0.4, 0.5) is 5.82 Å². The van der Waals surface area contributed by atoms with Crippen LogP contribution in [0.3, 0.4) is 0 Å². The number of aromatic nitrogens is 4. The van der Waals surface area contributed by atoms with Crippen molar-refractivity contribution in [2.45, 2.75) is 91.1 Å². The van der Waals surface area contributed by atoms with Crippen molar-refractivity contribution in [3.63, 3.8) is 0 Å². The Morgan fingerprint density at radius 2 is 2.00 bits per heavy atom. The van der Waals surface area contributed by atoms with Crippen molar-refractivity contribution in [1.82, 2.24) is 19.5 Å². The Hall–Kier alpha value is -2.11. The molecule has 0 aromatic carbocycles. The van der Waals surface area contributed by atoms with Gasteiger partial charge in [0.2, 0.25) is 0 Å². The summed E-state index contributed by atoms with van der Waals surface area (Å²) in [5.74, 6) is 2.32. The average molecular weight is 438 g/mol. The van der Waals surface area contributed by atoms with Gasteiger partial charge in [-0.3, -0.25) is 0 Å². The van der Waals surface area contributed by atoms with Gasteiger partial charge in [-0.25, -0.2) is 4.98 Å². The zero-order chi connectivity index (χ0) is 22.7. The lowest BCUT2D eigenvalue weighted by Gasteiger charge is -2.59. The Morgan fingerprint density at radius 3 is 2.78 bits per heavy atom. The van der Waals surface area contributed by atoms with Crippen molar-refractivity contribution >= 4 is 17.0 Å². The molecule has 1 aliphatic heterocycles. The standard InChI is InChI=1S/C26H39N5O/c1-17-8-7-9-19-25(17,4)11-10-18(2)26(19,5)13-12-24(3)14-15-31-16-27-21-20(31)22(30-24)29-23(28-21)32-6/h16,18-19H,1,7-15H2,2-6H3,(H,28,29,30)/t18-,19+,24+,25+,26+/m1/s1. The highest BCUT2D eigenvalue weighted by Gasteiger charge is 2.54. The highest BCUT2D eigenvalue weighted by Crippen LogP contribution is 2.63. The van der Waals surface area contributed by atoms with Gasteiger partial charge in [-0.1, -0.05) is 32.9 Å². The summed E-state index contributed by atoms with van der Waals surface area (Å²) in [5.41, 5.74) is 3.81.